The number of fused-ring (bicyclic) bond motifs is 1. The maximum Gasteiger partial charge on any atom is 0.410 e. The number of aromatic nitrogens is 3. The van der Waals surface area contributed by atoms with Crippen molar-refractivity contribution in [1.29, 1.82) is 0 Å². The number of hydrogen-bond donors (Lipinski definition) is 2. The van der Waals surface area contributed by atoms with Gasteiger partial charge in [-0.2, -0.15) is 0 Å². The quantitative estimate of drug-likeness (QED) is 0.333. The van der Waals surface area contributed by atoms with Crippen LogP contribution in [0.25, 0.3) is 5.65 Å². The molecule has 9 nitrogen and oxygen atoms in total. The molecule has 0 radical (unpaired) electrons. The van der Waals surface area contributed by atoms with Crippen molar-refractivity contribution >= 4 is 41.7 Å². The van der Waals surface area contributed by atoms with Gasteiger partial charge in [0.2, 0.25) is 0 Å². The first-order valence-electron chi connectivity index (χ1n) is 9.55. The van der Waals surface area contributed by atoms with E-state index in [2.05, 4.69) is 25.8 Å². The normalized spacial score (nSPS) is 11.7. The summed E-state index contributed by atoms with van der Waals surface area (Å²) in [6, 6.07) is 5.77. The molecule has 2 rings (SSSR count). The molecular weight excluding hydrogens is 485 g/mol. The van der Waals surface area contributed by atoms with Crippen molar-refractivity contribution in [1.82, 2.24) is 30.1 Å². The Morgan fingerprint density at radius 2 is 2.00 bits per heavy atom. The summed E-state index contributed by atoms with van der Waals surface area (Å²) in [6.45, 7) is 9.85. The minimum atomic E-state index is -0.505. The summed E-state index contributed by atoms with van der Waals surface area (Å²) in [5.41, 5.74) is 0.296. The van der Waals surface area contributed by atoms with E-state index in [1.54, 1.807) is 11.9 Å². The molecule has 29 heavy (non-hydrogen) atoms. The van der Waals surface area contributed by atoms with Crippen LogP contribution >= 0.6 is 24.0 Å². The largest absolute Gasteiger partial charge is 0.444 e. The van der Waals surface area contributed by atoms with Gasteiger partial charge in [0.1, 0.15) is 5.60 Å². The molecule has 0 unspecified atom stereocenters. The molecule has 2 aromatic rings. The van der Waals surface area contributed by atoms with Gasteiger partial charge in [0.05, 0.1) is 6.54 Å². The summed E-state index contributed by atoms with van der Waals surface area (Å²) >= 11 is 0. The van der Waals surface area contributed by atoms with Gasteiger partial charge < -0.3 is 20.3 Å². The number of ether oxygens (including phenoxy) is 1. The first-order valence-corrected chi connectivity index (χ1v) is 9.55. The molecule has 2 heterocycles. The molecule has 0 atom stereocenters. The Kier molecular flexibility index (Phi) is 10.1. The van der Waals surface area contributed by atoms with Crippen molar-refractivity contribution in [2.45, 2.75) is 46.3 Å². The van der Waals surface area contributed by atoms with Crippen LogP contribution in [0.2, 0.25) is 0 Å². The van der Waals surface area contributed by atoms with Gasteiger partial charge in [-0.3, -0.25) is 9.39 Å². The number of guanidine groups is 1. The van der Waals surface area contributed by atoms with Gasteiger partial charge in [-0.1, -0.05) is 13.0 Å². The number of carbonyl (C=O) groups is 1. The van der Waals surface area contributed by atoms with E-state index >= 15 is 0 Å². The Morgan fingerprint density at radius 3 is 2.66 bits per heavy atom. The van der Waals surface area contributed by atoms with Gasteiger partial charge in [-0.05, 0) is 39.3 Å². The van der Waals surface area contributed by atoms with E-state index in [0.29, 0.717) is 32.1 Å². The number of amides is 1. The van der Waals surface area contributed by atoms with Crippen LogP contribution in [0.15, 0.2) is 29.4 Å². The number of nitrogens with one attached hydrogen (secondary N) is 2. The van der Waals surface area contributed by atoms with E-state index in [1.807, 2.05) is 56.5 Å². The molecule has 0 fully saturated rings. The number of aliphatic imine (C=N–C) groups is 1. The fraction of sp³-hybridized carbons (Fsp3) is 0.579. The third-order valence-electron chi connectivity index (χ3n) is 3.84. The Morgan fingerprint density at radius 1 is 1.24 bits per heavy atom. The Labute approximate surface area is 189 Å². The monoisotopic (exact) mass is 517 g/mol. The molecular formula is C19H32IN7O2. The molecule has 1 amide bonds. The van der Waals surface area contributed by atoms with E-state index in [9.17, 15) is 4.79 Å². The van der Waals surface area contributed by atoms with Crippen molar-refractivity contribution in [2.75, 3.05) is 26.7 Å². The van der Waals surface area contributed by atoms with Crippen LogP contribution in [0.4, 0.5) is 4.79 Å². The Balaban J connectivity index is 0.00000420. The van der Waals surface area contributed by atoms with E-state index < -0.39 is 5.60 Å². The van der Waals surface area contributed by atoms with Gasteiger partial charge in [0.15, 0.2) is 17.4 Å². The summed E-state index contributed by atoms with van der Waals surface area (Å²) in [5.74, 6) is 1.42. The predicted molar refractivity (Wildman–Crippen MR) is 125 cm³/mol. The number of pyridine rings is 1. The van der Waals surface area contributed by atoms with E-state index in [-0.39, 0.29) is 30.1 Å². The van der Waals surface area contributed by atoms with Crippen LogP contribution in [-0.4, -0.2) is 63.8 Å². The topological polar surface area (TPSA) is 96.1 Å². The maximum atomic E-state index is 12.3. The highest BCUT2D eigenvalue weighted by molar-refractivity contribution is 14.0. The second kappa shape index (κ2) is 11.8. The zero-order chi connectivity index (χ0) is 20.6. The lowest BCUT2D eigenvalue weighted by Gasteiger charge is -2.27. The Bertz CT molecular complexity index is 801. The van der Waals surface area contributed by atoms with E-state index in [0.717, 1.165) is 17.9 Å². The third-order valence-corrected chi connectivity index (χ3v) is 3.84. The zero-order valence-electron chi connectivity index (χ0n) is 17.8. The number of rotatable bonds is 7. The van der Waals surface area contributed by atoms with Crippen molar-refractivity contribution < 1.29 is 9.53 Å². The fourth-order valence-corrected chi connectivity index (χ4v) is 2.59. The summed E-state index contributed by atoms with van der Waals surface area (Å²) in [5, 5.41) is 14.8. The number of halogens is 1. The van der Waals surface area contributed by atoms with Crippen molar-refractivity contribution in [3.63, 3.8) is 0 Å². The lowest BCUT2D eigenvalue weighted by molar-refractivity contribution is 0.0253. The summed E-state index contributed by atoms with van der Waals surface area (Å²) in [4.78, 5) is 18.2. The van der Waals surface area contributed by atoms with Crippen LogP contribution in [0.5, 0.6) is 0 Å². The fourth-order valence-electron chi connectivity index (χ4n) is 2.59. The molecule has 10 heteroatoms. The highest BCUT2D eigenvalue weighted by atomic mass is 127. The average Bonchev–Trinajstić information content (AvgIpc) is 3.05. The first kappa shape index (κ1) is 24.9. The van der Waals surface area contributed by atoms with Gasteiger partial charge in [0, 0.05) is 32.9 Å². The van der Waals surface area contributed by atoms with Crippen LogP contribution in [0.3, 0.4) is 0 Å². The van der Waals surface area contributed by atoms with Crippen molar-refractivity contribution in [2.24, 2.45) is 4.99 Å². The second-order valence-electron chi connectivity index (χ2n) is 7.37. The molecule has 2 N–H and O–H groups in total. The highest BCUT2D eigenvalue weighted by Crippen LogP contribution is 2.10. The van der Waals surface area contributed by atoms with Crippen molar-refractivity contribution in [3.05, 3.63) is 30.2 Å². The molecule has 0 saturated carbocycles. The standard InChI is InChI=1S/C19H31N7O2.HI/c1-6-11-25(18(27)28-19(2,3)4)13-10-21-17(20-5)22-14-16-24-23-15-9-7-8-12-26(15)16;/h7-9,12H,6,10-11,13-14H2,1-5H3,(H2,20,21,22);1H. The molecule has 0 spiro atoms. The smallest absolute Gasteiger partial charge is 0.410 e. The lowest BCUT2D eigenvalue weighted by atomic mass is 10.2. The van der Waals surface area contributed by atoms with Crippen LogP contribution in [-0.2, 0) is 11.3 Å². The molecule has 2 aromatic heterocycles. The highest BCUT2D eigenvalue weighted by Gasteiger charge is 2.21. The van der Waals surface area contributed by atoms with E-state index in [4.69, 9.17) is 4.74 Å². The van der Waals surface area contributed by atoms with Crippen molar-refractivity contribution in [3.8, 4) is 0 Å². The summed E-state index contributed by atoms with van der Waals surface area (Å²) in [6.07, 6.45) is 2.49. The molecule has 0 saturated heterocycles. The van der Waals surface area contributed by atoms with Crippen LogP contribution in [0, 0.1) is 0 Å². The van der Waals surface area contributed by atoms with Gasteiger partial charge in [-0.25, -0.2) is 4.79 Å². The average molecular weight is 517 g/mol. The minimum absolute atomic E-state index is 0. The van der Waals surface area contributed by atoms with Crippen LogP contribution < -0.4 is 10.6 Å². The SMILES string of the molecule is CCCN(CCNC(=NC)NCc1nnc2ccccn12)C(=O)OC(C)(C)C.I. The third kappa shape index (κ3) is 8.03. The summed E-state index contributed by atoms with van der Waals surface area (Å²) < 4.78 is 7.39. The molecule has 162 valence electrons. The van der Waals surface area contributed by atoms with Crippen LogP contribution in [0.1, 0.15) is 39.9 Å². The molecule has 0 aliphatic rings. The zero-order valence-corrected chi connectivity index (χ0v) is 20.1. The molecule has 0 aliphatic heterocycles. The lowest BCUT2D eigenvalue weighted by Crippen LogP contribution is -2.44. The number of nitrogens with zero attached hydrogens (tertiary/aromatic N) is 5. The second-order valence-corrected chi connectivity index (χ2v) is 7.37. The number of carbonyl (C=O) groups excluding carboxylic acids is 1. The minimum Gasteiger partial charge on any atom is -0.444 e. The maximum absolute atomic E-state index is 12.3. The molecule has 0 aliphatic carbocycles. The van der Waals surface area contributed by atoms with Gasteiger partial charge in [0.25, 0.3) is 0 Å². The number of hydrogen-bond acceptors (Lipinski definition) is 5. The van der Waals surface area contributed by atoms with Gasteiger partial charge in [-0.15, -0.1) is 34.2 Å². The molecule has 0 aromatic carbocycles. The van der Waals surface area contributed by atoms with Gasteiger partial charge >= 0.3 is 6.09 Å². The van der Waals surface area contributed by atoms with E-state index in [1.165, 1.54) is 0 Å². The first-order chi connectivity index (χ1) is 13.3. The Hall–Kier alpha value is -2.11. The molecule has 0 bridgehead atoms. The predicted octanol–water partition coefficient (Wildman–Crippen LogP) is 2.66. The summed E-state index contributed by atoms with van der Waals surface area (Å²) in [7, 11) is 1.70.